The van der Waals surface area contributed by atoms with Crippen LogP contribution in [0.25, 0.3) is 0 Å². The van der Waals surface area contributed by atoms with E-state index in [0.717, 1.165) is 4.88 Å². The number of hydrogen-bond acceptors (Lipinski definition) is 3. The molecule has 110 valence electrons. The average Bonchev–Trinajstić information content (AvgIpc) is 2.92. The summed E-state index contributed by atoms with van der Waals surface area (Å²) in [6, 6.07) is 6.44. The summed E-state index contributed by atoms with van der Waals surface area (Å²) in [5.74, 6) is -1.12. The summed E-state index contributed by atoms with van der Waals surface area (Å²) < 4.78 is 1.09. The molecule has 0 spiro atoms. The minimum Gasteiger partial charge on any atom is -0.478 e. The molecular weight excluding hydrogens is 424 g/mol. The van der Waals surface area contributed by atoms with Crippen LogP contribution in [0.15, 0.2) is 38.6 Å². The molecule has 8 heteroatoms. The van der Waals surface area contributed by atoms with E-state index in [1.165, 1.54) is 17.4 Å². The van der Waals surface area contributed by atoms with E-state index < -0.39 is 12.0 Å². The lowest BCUT2D eigenvalue weighted by molar-refractivity contribution is 0.0698. The van der Waals surface area contributed by atoms with E-state index in [9.17, 15) is 14.7 Å². The van der Waals surface area contributed by atoms with Crippen molar-refractivity contribution < 1.29 is 14.7 Å². The molecule has 0 radical (unpaired) electrons. The third kappa shape index (κ3) is 4.29. The van der Waals surface area contributed by atoms with Gasteiger partial charge in [-0.1, -0.05) is 22.0 Å². The number of benzene rings is 1. The molecule has 2 amide bonds. The molecule has 21 heavy (non-hydrogen) atoms. The van der Waals surface area contributed by atoms with Crippen LogP contribution >= 0.6 is 43.2 Å². The minimum absolute atomic E-state index is 0.00234. The van der Waals surface area contributed by atoms with Crippen LogP contribution in [-0.2, 0) is 6.54 Å². The van der Waals surface area contributed by atoms with Crippen molar-refractivity contribution in [2.24, 2.45) is 0 Å². The van der Waals surface area contributed by atoms with Gasteiger partial charge in [0.05, 0.1) is 17.8 Å². The van der Waals surface area contributed by atoms with Crippen molar-refractivity contribution in [1.82, 2.24) is 5.32 Å². The first-order chi connectivity index (χ1) is 9.97. The second-order valence-electron chi connectivity index (χ2n) is 4.00. The Bertz CT molecular complexity index is 674. The zero-order chi connectivity index (χ0) is 15.4. The Hall–Kier alpha value is -1.38. The number of carboxylic acids is 1. The van der Waals surface area contributed by atoms with Crippen LogP contribution in [0.3, 0.4) is 0 Å². The maximum absolute atomic E-state index is 11.9. The Morgan fingerprint density at radius 1 is 1.29 bits per heavy atom. The number of hydrogen-bond donors (Lipinski definition) is 3. The summed E-state index contributed by atoms with van der Waals surface area (Å²) in [6.07, 6.45) is 0. The van der Waals surface area contributed by atoms with Gasteiger partial charge < -0.3 is 15.7 Å². The predicted molar refractivity (Wildman–Crippen MR) is 89.0 cm³/mol. The second kappa shape index (κ2) is 7.06. The molecule has 5 nitrogen and oxygen atoms in total. The number of halogens is 2. The van der Waals surface area contributed by atoms with E-state index in [-0.39, 0.29) is 11.3 Å². The van der Waals surface area contributed by atoms with Crippen molar-refractivity contribution in [3.63, 3.8) is 0 Å². The van der Waals surface area contributed by atoms with E-state index >= 15 is 0 Å². The van der Waals surface area contributed by atoms with Gasteiger partial charge in [0.1, 0.15) is 0 Å². The maximum atomic E-state index is 11.9. The first-order valence-electron chi connectivity index (χ1n) is 5.77. The molecule has 0 saturated carbocycles. The fourth-order valence-corrected chi connectivity index (χ4v) is 3.58. The highest BCUT2D eigenvalue weighted by molar-refractivity contribution is 9.11. The molecule has 1 heterocycles. The first-order valence-corrected chi connectivity index (χ1v) is 8.23. The third-order valence-electron chi connectivity index (χ3n) is 2.53. The van der Waals surface area contributed by atoms with E-state index in [4.69, 9.17) is 0 Å². The largest absolute Gasteiger partial charge is 0.478 e. The number of urea groups is 1. The number of rotatable bonds is 4. The summed E-state index contributed by atoms with van der Waals surface area (Å²) >= 11 is 8.00. The molecule has 1 aromatic heterocycles. The van der Waals surface area contributed by atoms with Crippen molar-refractivity contribution in [2.45, 2.75) is 6.54 Å². The zero-order valence-electron chi connectivity index (χ0n) is 10.5. The van der Waals surface area contributed by atoms with E-state index in [1.54, 1.807) is 6.07 Å². The van der Waals surface area contributed by atoms with Crippen molar-refractivity contribution in [2.75, 3.05) is 5.32 Å². The Kier molecular flexibility index (Phi) is 5.38. The van der Waals surface area contributed by atoms with Crippen molar-refractivity contribution in [1.29, 1.82) is 0 Å². The Balaban J connectivity index is 2.11. The number of thiophene rings is 1. The lowest BCUT2D eigenvalue weighted by Crippen LogP contribution is -2.28. The Morgan fingerprint density at radius 2 is 2.05 bits per heavy atom. The van der Waals surface area contributed by atoms with Crippen LogP contribution in [0.5, 0.6) is 0 Å². The fraction of sp³-hybridized carbons (Fsp3) is 0.0769. The number of carbonyl (C=O) groups is 2. The second-order valence-corrected chi connectivity index (χ2v) is 6.80. The Morgan fingerprint density at radius 3 is 2.67 bits per heavy atom. The quantitative estimate of drug-likeness (QED) is 0.672. The molecule has 0 atom stereocenters. The minimum atomic E-state index is -1.12. The van der Waals surface area contributed by atoms with Crippen molar-refractivity contribution in [3.05, 3.63) is 49.0 Å². The SMILES string of the molecule is O=C(NCc1cccs1)Nc1c(Br)cc(Br)cc1C(=O)O. The maximum Gasteiger partial charge on any atom is 0.337 e. The molecule has 2 aromatic rings. The summed E-state index contributed by atoms with van der Waals surface area (Å²) in [7, 11) is 0. The van der Waals surface area contributed by atoms with Gasteiger partial charge in [-0.05, 0) is 39.5 Å². The Labute approximate surface area is 141 Å². The van der Waals surface area contributed by atoms with Gasteiger partial charge in [0.15, 0.2) is 0 Å². The van der Waals surface area contributed by atoms with Gasteiger partial charge in [-0.15, -0.1) is 11.3 Å². The van der Waals surface area contributed by atoms with Crippen LogP contribution in [-0.4, -0.2) is 17.1 Å². The highest BCUT2D eigenvalue weighted by Gasteiger charge is 2.16. The molecule has 0 aliphatic heterocycles. The highest BCUT2D eigenvalue weighted by atomic mass is 79.9. The molecular formula is C13H10Br2N2O3S. The lowest BCUT2D eigenvalue weighted by Gasteiger charge is -2.12. The number of nitrogens with one attached hydrogen (secondary N) is 2. The topological polar surface area (TPSA) is 78.4 Å². The average molecular weight is 434 g/mol. The number of anilines is 1. The van der Waals surface area contributed by atoms with E-state index in [2.05, 4.69) is 42.5 Å². The van der Waals surface area contributed by atoms with Crippen molar-refractivity contribution in [3.8, 4) is 0 Å². The number of amides is 2. The molecule has 0 unspecified atom stereocenters. The zero-order valence-corrected chi connectivity index (χ0v) is 14.5. The summed E-state index contributed by atoms with van der Waals surface area (Å²) in [5.41, 5.74) is 0.219. The molecule has 0 aliphatic rings. The van der Waals surface area contributed by atoms with Gasteiger partial charge >= 0.3 is 12.0 Å². The number of carboxylic acid groups (broad SMARTS) is 1. The van der Waals surface area contributed by atoms with Gasteiger partial charge in [-0.3, -0.25) is 0 Å². The van der Waals surface area contributed by atoms with Gasteiger partial charge in [0, 0.05) is 13.8 Å². The highest BCUT2D eigenvalue weighted by Crippen LogP contribution is 2.30. The molecule has 2 rings (SSSR count). The van der Waals surface area contributed by atoms with Crippen LogP contribution in [0.4, 0.5) is 10.5 Å². The van der Waals surface area contributed by atoms with Gasteiger partial charge in [-0.25, -0.2) is 9.59 Å². The van der Waals surface area contributed by atoms with E-state index in [1.807, 2.05) is 17.5 Å². The van der Waals surface area contributed by atoms with Crippen LogP contribution in [0.2, 0.25) is 0 Å². The van der Waals surface area contributed by atoms with Crippen LogP contribution in [0, 0.1) is 0 Å². The molecule has 0 saturated heterocycles. The van der Waals surface area contributed by atoms with Crippen LogP contribution in [0.1, 0.15) is 15.2 Å². The monoisotopic (exact) mass is 432 g/mol. The summed E-state index contributed by atoms with van der Waals surface area (Å²) in [5, 5.41) is 16.3. The number of carbonyl (C=O) groups excluding carboxylic acids is 1. The molecule has 0 bridgehead atoms. The molecule has 0 aliphatic carbocycles. The predicted octanol–water partition coefficient (Wildman–Crippen LogP) is 4.29. The molecule has 3 N–H and O–H groups in total. The van der Waals surface area contributed by atoms with E-state index in [0.29, 0.717) is 15.5 Å². The normalized spacial score (nSPS) is 10.2. The number of aromatic carboxylic acids is 1. The van der Waals surface area contributed by atoms with Gasteiger partial charge in [0.2, 0.25) is 0 Å². The fourth-order valence-electron chi connectivity index (χ4n) is 1.61. The summed E-state index contributed by atoms with van der Waals surface area (Å²) in [4.78, 5) is 24.1. The van der Waals surface area contributed by atoms with Gasteiger partial charge in [-0.2, -0.15) is 0 Å². The third-order valence-corrected chi connectivity index (χ3v) is 4.49. The smallest absolute Gasteiger partial charge is 0.337 e. The summed E-state index contributed by atoms with van der Waals surface area (Å²) in [6.45, 7) is 0.389. The lowest BCUT2D eigenvalue weighted by atomic mass is 10.2. The molecule has 1 aromatic carbocycles. The van der Waals surface area contributed by atoms with Crippen molar-refractivity contribution >= 4 is 60.9 Å². The van der Waals surface area contributed by atoms with Crippen LogP contribution < -0.4 is 10.6 Å². The van der Waals surface area contributed by atoms with Gasteiger partial charge in [0.25, 0.3) is 0 Å². The first kappa shape index (κ1) is 16.0. The molecule has 0 fully saturated rings. The standard InChI is InChI=1S/C13H10Br2N2O3S/c14-7-4-9(12(18)19)11(10(15)5-7)17-13(20)16-6-8-2-1-3-21-8/h1-5H,6H2,(H,18,19)(H2,16,17,20).